The summed E-state index contributed by atoms with van der Waals surface area (Å²) in [6.45, 7) is 7.56. The molecule has 1 N–H and O–H groups in total. The highest BCUT2D eigenvalue weighted by atomic mass is 19.1. The van der Waals surface area contributed by atoms with Crippen molar-refractivity contribution in [2.75, 3.05) is 24.5 Å². The van der Waals surface area contributed by atoms with Gasteiger partial charge in [-0.3, -0.25) is 14.8 Å². The van der Waals surface area contributed by atoms with Crippen LogP contribution in [-0.2, 0) is 12.0 Å². The minimum absolute atomic E-state index is 0.0307. The topological polar surface area (TPSA) is 48.5 Å². The number of fused-ring (bicyclic) bond motifs is 1. The van der Waals surface area contributed by atoms with Gasteiger partial charge in [0.15, 0.2) is 0 Å². The van der Waals surface area contributed by atoms with Gasteiger partial charge in [0.1, 0.15) is 5.82 Å². The van der Waals surface area contributed by atoms with Crippen molar-refractivity contribution in [1.29, 1.82) is 0 Å². The molecule has 0 atom stereocenters. The van der Waals surface area contributed by atoms with Crippen molar-refractivity contribution in [3.8, 4) is 0 Å². The fourth-order valence-electron chi connectivity index (χ4n) is 4.21. The number of benzene rings is 1. The fraction of sp³-hybridized carbons (Fsp3) is 0.455. The number of nitrogens with one attached hydrogen (secondary N) is 1. The standard InChI is InChI=1S/C22H27FN4O/c1-22(2)15-27(19-4-3-11-24-20(19)22)21(28)25-18-9-12-26(13-10-18)14-16-5-7-17(23)8-6-16/h3-8,11,18H,9-10,12-15H2,1-2H3,(H,25,28). The van der Waals surface area contributed by atoms with Crippen LogP contribution in [-0.4, -0.2) is 41.6 Å². The summed E-state index contributed by atoms with van der Waals surface area (Å²) in [7, 11) is 0. The first kappa shape index (κ1) is 18.9. The third-order valence-electron chi connectivity index (χ3n) is 5.75. The van der Waals surface area contributed by atoms with Crippen LogP contribution >= 0.6 is 0 Å². The van der Waals surface area contributed by atoms with E-state index in [1.807, 2.05) is 29.2 Å². The molecule has 1 saturated heterocycles. The molecule has 1 fully saturated rings. The predicted octanol–water partition coefficient (Wildman–Crippen LogP) is 3.69. The fourth-order valence-corrected chi connectivity index (χ4v) is 4.21. The zero-order valence-corrected chi connectivity index (χ0v) is 16.5. The summed E-state index contributed by atoms with van der Waals surface area (Å²) in [5, 5.41) is 3.21. The molecule has 3 heterocycles. The van der Waals surface area contributed by atoms with Crippen molar-refractivity contribution in [3.05, 3.63) is 59.7 Å². The number of likely N-dealkylation sites (tertiary alicyclic amines) is 1. The van der Waals surface area contributed by atoms with Gasteiger partial charge >= 0.3 is 6.03 Å². The van der Waals surface area contributed by atoms with Gasteiger partial charge in [-0.2, -0.15) is 0 Å². The van der Waals surface area contributed by atoms with Crippen LogP contribution in [0, 0.1) is 5.82 Å². The smallest absolute Gasteiger partial charge is 0.322 e. The van der Waals surface area contributed by atoms with Crippen LogP contribution < -0.4 is 10.2 Å². The van der Waals surface area contributed by atoms with E-state index < -0.39 is 0 Å². The van der Waals surface area contributed by atoms with Gasteiger partial charge in [-0.1, -0.05) is 26.0 Å². The monoisotopic (exact) mass is 382 g/mol. The third-order valence-corrected chi connectivity index (χ3v) is 5.75. The molecule has 4 rings (SSSR count). The molecular formula is C22H27FN4O. The number of pyridine rings is 1. The number of urea groups is 1. The van der Waals surface area contributed by atoms with Crippen LogP contribution in [0.25, 0.3) is 0 Å². The summed E-state index contributed by atoms with van der Waals surface area (Å²) in [6, 6.07) is 10.7. The summed E-state index contributed by atoms with van der Waals surface area (Å²) in [5.41, 5.74) is 2.89. The number of halogens is 1. The minimum Gasteiger partial charge on any atom is -0.335 e. The van der Waals surface area contributed by atoms with Crippen molar-refractivity contribution in [3.63, 3.8) is 0 Å². The van der Waals surface area contributed by atoms with Crippen LogP contribution in [0.3, 0.4) is 0 Å². The number of aromatic nitrogens is 1. The van der Waals surface area contributed by atoms with Gasteiger partial charge in [0, 0.05) is 43.8 Å². The average molecular weight is 382 g/mol. The van der Waals surface area contributed by atoms with Crippen molar-refractivity contribution in [2.24, 2.45) is 0 Å². The Morgan fingerprint density at radius 3 is 2.64 bits per heavy atom. The molecule has 2 amide bonds. The lowest BCUT2D eigenvalue weighted by atomic mass is 9.91. The summed E-state index contributed by atoms with van der Waals surface area (Å²) in [6.07, 6.45) is 3.63. The highest BCUT2D eigenvalue weighted by molar-refractivity contribution is 5.94. The quantitative estimate of drug-likeness (QED) is 0.881. The first-order chi connectivity index (χ1) is 13.4. The minimum atomic E-state index is -0.202. The highest BCUT2D eigenvalue weighted by Crippen LogP contribution is 2.38. The molecule has 5 nitrogen and oxygen atoms in total. The first-order valence-corrected chi connectivity index (χ1v) is 9.93. The lowest BCUT2D eigenvalue weighted by molar-refractivity contribution is 0.188. The highest BCUT2D eigenvalue weighted by Gasteiger charge is 2.39. The lowest BCUT2D eigenvalue weighted by Gasteiger charge is -2.33. The van der Waals surface area contributed by atoms with Crippen LogP contribution in [0.15, 0.2) is 42.6 Å². The molecule has 1 aromatic heterocycles. The molecule has 0 spiro atoms. The zero-order valence-electron chi connectivity index (χ0n) is 16.5. The number of hydrogen-bond donors (Lipinski definition) is 1. The Hall–Kier alpha value is -2.47. The number of carbonyl (C=O) groups is 1. The number of amides is 2. The van der Waals surface area contributed by atoms with Gasteiger partial charge in [0.25, 0.3) is 0 Å². The second-order valence-electron chi connectivity index (χ2n) is 8.47. The van der Waals surface area contributed by atoms with Crippen molar-refractivity contribution in [1.82, 2.24) is 15.2 Å². The van der Waals surface area contributed by atoms with Crippen molar-refractivity contribution < 1.29 is 9.18 Å². The molecule has 1 aromatic carbocycles. The Kier molecular flexibility index (Phi) is 5.06. The molecule has 0 aliphatic carbocycles. The van der Waals surface area contributed by atoms with E-state index in [-0.39, 0.29) is 23.3 Å². The number of piperidine rings is 1. The Bertz CT molecular complexity index is 844. The van der Waals surface area contributed by atoms with Gasteiger partial charge in [0.05, 0.1) is 11.4 Å². The molecule has 0 bridgehead atoms. The summed E-state index contributed by atoms with van der Waals surface area (Å²) >= 11 is 0. The van der Waals surface area contributed by atoms with Crippen LogP contribution in [0.1, 0.15) is 37.9 Å². The molecule has 0 radical (unpaired) electrons. The summed E-state index contributed by atoms with van der Waals surface area (Å²) < 4.78 is 13.0. The van der Waals surface area contributed by atoms with E-state index in [1.165, 1.54) is 12.1 Å². The van der Waals surface area contributed by atoms with Crippen molar-refractivity contribution >= 4 is 11.7 Å². The van der Waals surface area contributed by atoms with Gasteiger partial charge in [-0.25, -0.2) is 9.18 Å². The van der Waals surface area contributed by atoms with Gasteiger partial charge in [-0.15, -0.1) is 0 Å². The zero-order chi connectivity index (χ0) is 19.7. The van der Waals surface area contributed by atoms with Gasteiger partial charge in [0.2, 0.25) is 0 Å². The molecule has 2 aliphatic heterocycles. The molecule has 2 aliphatic rings. The van der Waals surface area contributed by atoms with Crippen LogP contribution in [0.2, 0.25) is 0 Å². The van der Waals surface area contributed by atoms with E-state index in [9.17, 15) is 9.18 Å². The van der Waals surface area contributed by atoms with E-state index >= 15 is 0 Å². The molecule has 6 heteroatoms. The Morgan fingerprint density at radius 2 is 1.93 bits per heavy atom. The summed E-state index contributed by atoms with van der Waals surface area (Å²) in [4.78, 5) is 21.6. The number of hydrogen-bond acceptors (Lipinski definition) is 3. The van der Waals surface area contributed by atoms with Crippen LogP contribution in [0.4, 0.5) is 14.9 Å². The van der Waals surface area contributed by atoms with E-state index in [0.717, 1.165) is 49.4 Å². The average Bonchev–Trinajstić information content (AvgIpc) is 2.97. The molecule has 0 unspecified atom stereocenters. The maximum absolute atomic E-state index is 13.0. The van der Waals surface area contributed by atoms with E-state index in [4.69, 9.17) is 0 Å². The predicted molar refractivity (Wildman–Crippen MR) is 108 cm³/mol. The molecular weight excluding hydrogens is 355 g/mol. The van der Waals surface area contributed by atoms with Gasteiger partial charge in [-0.05, 0) is 42.7 Å². The van der Waals surface area contributed by atoms with Crippen molar-refractivity contribution in [2.45, 2.75) is 44.7 Å². The molecule has 28 heavy (non-hydrogen) atoms. The largest absolute Gasteiger partial charge is 0.335 e. The third kappa shape index (κ3) is 3.87. The number of rotatable bonds is 3. The van der Waals surface area contributed by atoms with E-state index in [1.54, 1.807) is 6.20 Å². The Balaban J connectivity index is 1.32. The Morgan fingerprint density at radius 1 is 1.21 bits per heavy atom. The first-order valence-electron chi connectivity index (χ1n) is 9.93. The number of carbonyl (C=O) groups excluding carboxylic acids is 1. The second-order valence-corrected chi connectivity index (χ2v) is 8.47. The summed E-state index contributed by atoms with van der Waals surface area (Å²) in [5.74, 6) is -0.202. The number of anilines is 1. The maximum Gasteiger partial charge on any atom is 0.322 e. The van der Waals surface area contributed by atoms with Gasteiger partial charge < -0.3 is 5.32 Å². The molecule has 148 valence electrons. The Labute approximate surface area is 165 Å². The molecule has 0 saturated carbocycles. The van der Waals surface area contributed by atoms with E-state index in [0.29, 0.717) is 6.54 Å². The van der Waals surface area contributed by atoms with Crippen LogP contribution in [0.5, 0.6) is 0 Å². The van der Waals surface area contributed by atoms with E-state index in [2.05, 4.69) is 29.0 Å². The molecule has 2 aromatic rings. The SMILES string of the molecule is CC1(C)CN(C(=O)NC2CCN(Cc3ccc(F)cc3)CC2)c2cccnc21. The second kappa shape index (κ2) is 7.51. The number of nitrogens with zero attached hydrogens (tertiary/aromatic N) is 3. The lowest BCUT2D eigenvalue weighted by Crippen LogP contribution is -2.49. The normalized spacial score (nSPS) is 19.5. The maximum atomic E-state index is 13.0.